The summed E-state index contributed by atoms with van der Waals surface area (Å²) in [5.74, 6) is -0.646. The van der Waals surface area contributed by atoms with E-state index in [1.807, 2.05) is 0 Å². The van der Waals surface area contributed by atoms with E-state index in [1.165, 1.54) is 18.1 Å². The third-order valence-electron chi connectivity index (χ3n) is 4.56. The Morgan fingerprint density at radius 1 is 1.42 bits per heavy atom. The van der Waals surface area contributed by atoms with Crippen LogP contribution in [0.2, 0.25) is 0 Å². The zero-order valence-electron chi connectivity index (χ0n) is 14.9. The molecule has 8 nitrogen and oxygen atoms in total. The van der Waals surface area contributed by atoms with E-state index in [4.69, 9.17) is 0 Å². The number of thioether (sulfide) groups is 1. The molecule has 0 aliphatic heterocycles. The summed E-state index contributed by atoms with van der Waals surface area (Å²) >= 11 is 1.07. The second kappa shape index (κ2) is 8.85. The van der Waals surface area contributed by atoms with Crippen LogP contribution in [0.15, 0.2) is 16.0 Å². The molecule has 1 amide bonds. The first-order valence-corrected chi connectivity index (χ1v) is 9.36. The lowest BCUT2D eigenvalue weighted by atomic mass is 9.81. The second-order valence-corrected chi connectivity index (χ2v) is 7.20. The minimum absolute atomic E-state index is 0.0462. The van der Waals surface area contributed by atoms with Gasteiger partial charge in [0.2, 0.25) is 5.91 Å². The fourth-order valence-corrected chi connectivity index (χ4v) is 3.80. The van der Waals surface area contributed by atoms with Crippen LogP contribution in [0.5, 0.6) is 0 Å². The average molecular weight is 378 g/mol. The number of carbonyl (C=O) groups excluding carboxylic acids is 2. The first-order chi connectivity index (χ1) is 12.4. The number of methoxy groups -OCH3 is 1. The molecule has 1 N–H and O–H groups in total. The van der Waals surface area contributed by atoms with Crippen molar-refractivity contribution in [2.24, 2.45) is 0 Å². The highest BCUT2D eigenvalue weighted by Crippen LogP contribution is 2.32. The number of nitrogens with one attached hydrogen (secondary N) is 1. The van der Waals surface area contributed by atoms with Gasteiger partial charge in [-0.25, -0.2) is 4.98 Å². The van der Waals surface area contributed by atoms with Crippen molar-refractivity contribution in [2.75, 3.05) is 19.9 Å². The average Bonchev–Trinajstić information content (AvgIpc) is 2.65. The minimum Gasteiger partial charge on any atom is -0.469 e. The minimum atomic E-state index is -0.747. The van der Waals surface area contributed by atoms with Crippen molar-refractivity contribution in [3.63, 3.8) is 0 Å². The molecule has 0 aromatic carbocycles. The number of hydrogen-bond donors (Lipinski definition) is 1. The fourth-order valence-electron chi connectivity index (χ4n) is 2.99. The molecule has 0 unspecified atom stereocenters. The molecule has 1 aromatic heterocycles. The van der Waals surface area contributed by atoms with Crippen LogP contribution in [0.4, 0.5) is 0 Å². The summed E-state index contributed by atoms with van der Waals surface area (Å²) in [7, 11) is 2.91. The summed E-state index contributed by atoms with van der Waals surface area (Å²) in [5, 5.41) is 9.83. The first-order valence-electron chi connectivity index (χ1n) is 8.38. The molecule has 1 aliphatic carbocycles. The molecule has 9 heteroatoms. The van der Waals surface area contributed by atoms with Gasteiger partial charge in [0.05, 0.1) is 31.0 Å². The molecule has 1 heterocycles. The molecule has 1 aliphatic rings. The number of H-pyrrole nitrogens is 1. The topological polar surface area (TPSA) is 116 Å². The van der Waals surface area contributed by atoms with Crippen molar-refractivity contribution in [1.29, 1.82) is 5.26 Å². The molecule has 0 bridgehead atoms. The van der Waals surface area contributed by atoms with Gasteiger partial charge in [-0.3, -0.25) is 14.4 Å². The maximum atomic E-state index is 12.5. The van der Waals surface area contributed by atoms with E-state index in [0.717, 1.165) is 31.0 Å². The predicted molar refractivity (Wildman–Crippen MR) is 95.5 cm³/mol. The number of esters is 1. The highest BCUT2D eigenvalue weighted by atomic mass is 32.2. The van der Waals surface area contributed by atoms with E-state index in [-0.39, 0.29) is 28.9 Å². The third-order valence-corrected chi connectivity index (χ3v) is 5.42. The molecule has 1 saturated carbocycles. The number of hydrogen-bond acceptors (Lipinski definition) is 7. The standard InChI is InChI=1S/C17H22N4O4S/c1-21(17(11-18)6-4-3-5-7-17)14(23)10-26-16-19-12(8-13(22)20-16)9-15(24)25-2/h8H,3-7,9-10H2,1-2H3,(H,19,20,22). The Morgan fingerprint density at radius 3 is 2.73 bits per heavy atom. The van der Waals surface area contributed by atoms with Crippen LogP contribution in [0.3, 0.4) is 0 Å². The van der Waals surface area contributed by atoms with Crippen molar-refractivity contribution in [1.82, 2.24) is 14.9 Å². The Hall–Kier alpha value is -2.34. The van der Waals surface area contributed by atoms with Crippen LogP contribution in [0, 0.1) is 11.3 Å². The van der Waals surface area contributed by atoms with Gasteiger partial charge in [0, 0.05) is 13.1 Å². The van der Waals surface area contributed by atoms with Crippen LogP contribution in [-0.4, -0.2) is 52.2 Å². The number of carbonyl (C=O) groups is 2. The van der Waals surface area contributed by atoms with Gasteiger partial charge in [-0.2, -0.15) is 5.26 Å². The molecule has 2 rings (SSSR count). The Kier molecular flexibility index (Phi) is 6.80. The summed E-state index contributed by atoms with van der Waals surface area (Å²) in [5.41, 5.74) is -0.864. The van der Waals surface area contributed by atoms with Gasteiger partial charge in [0.1, 0.15) is 5.54 Å². The number of amides is 1. The molecule has 1 aromatic rings. The van der Waals surface area contributed by atoms with Gasteiger partial charge < -0.3 is 14.6 Å². The SMILES string of the molecule is COC(=O)Cc1cc(=O)[nH]c(SCC(=O)N(C)C2(C#N)CCCCC2)n1. The number of nitriles is 1. The van der Waals surface area contributed by atoms with Crippen LogP contribution in [0.25, 0.3) is 0 Å². The monoisotopic (exact) mass is 378 g/mol. The molecule has 0 radical (unpaired) electrons. The van der Waals surface area contributed by atoms with Gasteiger partial charge in [-0.05, 0) is 12.8 Å². The fraction of sp³-hybridized carbons (Fsp3) is 0.588. The summed E-state index contributed by atoms with van der Waals surface area (Å²) in [6.07, 6.45) is 4.20. The summed E-state index contributed by atoms with van der Waals surface area (Å²) in [6, 6.07) is 3.54. The maximum absolute atomic E-state index is 12.5. The van der Waals surface area contributed by atoms with Crippen molar-refractivity contribution in [3.8, 4) is 6.07 Å². The van der Waals surface area contributed by atoms with Gasteiger partial charge >= 0.3 is 5.97 Å². The predicted octanol–water partition coefficient (Wildman–Crippen LogP) is 1.26. The normalized spacial score (nSPS) is 15.7. The largest absolute Gasteiger partial charge is 0.469 e. The van der Waals surface area contributed by atoms with E-state index in [1.54, 1.807) is 7.05 Å². The van der Waals surface area contributed by atoms with Crippen molar-refractivity contribution >= 4 is 23.6 Å². The molecule has 1 fully saturated rings. The lowest BCUT2D eigenvalue weighted by molar-refractivity contribution is -0.139. The van der Waals surface area contributed by atoms with E-state index in [2.05, 4.69) is 20.8 Å². The molecular weight excluding hydrogens is 356 g/mol. The van der Waals surface area contributed by atoms with E-state index < -0.39 is 17.1 Å². The zero-order valence-corrected chi connectivity index (χ0v) is 15.7. The molecular formula is C17H22N4O4S. The van der Waals surface area contributed by atoms with Gasteiger partial charge in [-0.1, -0.05) is 31.0 Å². The van der Waals surface area contributed by atoms with Crippen LogP contribution < -0.4 is 5.56 Å². The number of aromatic amines is 1. The Labute approximate surface area is 155 Å². The Bertz CT molecular complexity index is 765. The lowest BCUT2D eigenvalue weighted by Gasteiger charge is -2.39. The number of nitrogens with zero attached hydrogens (tertiary/aromatic N) is 3. The first kappa shape index (κ1) is 20.0. The summed E-state index contributed by atoms with van der Waals surface area (Å²) in [6.45, 7) is 0. The number of ether oxygens (including phenoxy) is 1. The lowest BCUT2D eigenvalue weighted by Crippen LogP contribution is -2.50. The van der Waals surface area contributed by atoms with E-state index in [0.29, 0.717) is 12.8 Å². The van der Waals surface area contributed by atoms with Crippen LogP contribution in [0.1, 0.15) is 37.8 Å². The van der Waals surface area contributed by atoms with Crippen LogP contribution in [-0.2, 0) is 20.7 Å². The molecule has 0 saturated heterocycles. The van der Waals surface area contributed by atoms with Crippen molar-refractivity contribution < 1.29 is 14.3 Å². The summed E-state index contributed by atoms with van der Waals surface area (Å²) < 4.78 is 4.56. The van der Waals surface area contributed by atoms with Crippen molar-refractivity contribution in [3.05, 3.63) is 22.1 Å². The molecule has 0 atom stereocenters. The third kappa shape index (κ3) is 4.85. The number of rotatable bonds is 6. The molecule has 0 spiro atoms. The van der Waals surface area contributed by atoms with Gasteiger partial charge in [0.15, 0.2) is 5.16 Å². The van der Waals surface area contributed by atoms with Gasteiger partial charge in [0.25, 0.3) is 5.56 Å². The number of aromatic nitrogens is 2. The smallest absolute Gasteiger partial charge is 0.311 e. The Balaban J connectivity index is 2.03. The van der Waals surface area contributed by atoms with Gasteiger partial charge in [-0.15, -0.1) is 0 Å². The molecule has 26 heavy (non-hydrogen) atoms. The quantitative estimate of drug-likeness (QED) is 0.450. The summed E-state index contributed by atoms with van der Waals surface area (Å²) in [4.78, 5) is 43.8. The highest BCUT2D eigenvalue weighted by Gasteiger charge is 2.38. The molecule has 140 valence electrons. The highest BCUT2D eigenvalue weighted by molar-refractivity contribution is 7.99. The maximum Gasteiger partial charge on any atom is 0.311 e. The second-order valence-electron chi connectivity index (χ2n) is 6.24. The van der Waals surface area contributed by atoms with E-state index in [9.17, 15) is 19.6 Å². The van der Waals surface area contributed by atoms with Crippen molar-refractivity contribution in [2.45, 2.75) is 49.2 Å². The zero-order chi connectivity index (χ0) is 19.2. The van der Waals surface area contributed by atoms with Crippen LogP contribution >= 0.6 is 11.8 Å². The van der Waals surface area contributed by atoms with E-state index >= 15 is 0 Å². The Morgan fingerprint density at radius 2 is 2.12 bits per heavy atom.